The Labute approximate surface area is 104 Å². The topological polar surface area (TPSA) is 48.5 Å². The minimum absolute atomic E-state index is 0.808. The SMILES string of the molecule is Cc1nnc2n1-c1ccccc1Cn1ccnc1-2. The van der Waals surface area contributed by atoms with Crippen molar-refractivity contribution in [2.45, 2.75) is 13.5 Å². The van der Waals surface area contributed by atoms with Crippen LogP contribution in [-0.2, 0) is 6.54 Å². The molecule has 0 fully saturated rings. The third-order valence-corrected chi connectivity index (χ3v) is 3.31. The zero-order valence-electron chi connectivity index (χ0n) is 9.91. The van der Waals surface area contributed by atoms with E-state index in [2.05, 4.69) is 42.5 Å². The fourth-order valence-corrected chi connectivity index (χ4v) is 2.48. The molecule has 0 spiro atoms. The van der Waals surface area contributed by atoms with Crippen LogP contribution in [0, 0.1) is 6.92 Å². The minimum Gasteiger partial charge on any atom is -0.324 e. The van der Waals surface area contributed by atoms with Gasteiger partial charge in [0.15, 0.2) is 5.82 Å². The first-order valence-corrected chi connectivity index (χ1v) is 5.86. The van der Waals surface area contributed by atoms with Crippen molar-refractivity contribution in [3.05, 3.63) is 48.0 Å². The Balaban J connectivity index is 2.15. The van der Waals surface area contributed by atoms with Gasteiger partial charge < -0.3 is 4.57 Å². The van der Waals surface area contributed by atoms with Crippen LogP contribution in [0.1, 0.15) is 11.4 Å². The second-order valence-electron chi connectivity index (χ2n) is 4.41. The lowest BCUT2D eigenvalue weighted by Crippen LogP contribution is -2.01. The van der Waals surface area contributed by atoms with Crippen molar-refractivity contribution in [1.29, 1.82) is 0 Å². The summed E-state index contributed by atoms with van der Waals surface area (Å²) < 4.78 is 4.17. The average molecular weight is 237 g/mol. The quantitative estimate of drug-likeness (QED) is 0.468. The molecule has 0 amide bonds. The third-order valence-electron chi connectivity index (χ3n) is 3.31. The average Bonchev–Trinajstić information content (AvgIpc) is 2.94. The van der Waals surface area contributed by atoms with Crippen molar-refractivity contribution in [1.82, 2.24) is 24.3 Å². The van der Waals surface area contributed by atoms with Crippen molar-refractivity contribution < 1.29 is 0 Å². The van der Waals surface area contributed by atoms with Crippen LogP contribution in [0.5, 0.6) is 0 Å². The van der Waals surface area contributed by atoms with Crippen molar-refractivity contribution >= 4 is 0 Å². The summed E-state index contributed by atoms with van der Waals surface area (Å²) in [7, 11) is 0. The van der Waals surface area contributed by atoms with Crippen LogP contribution in [0.15, 0.2) is 36.7 Å². The summed E-state index contributed by atoms with van der Waals surface area (Å²) in [5.41, 5.74) is 2.39. The maximum atomic E-state index is 4.39. The molecule has 0 bridgehead atoms. The molecule has 1 aliphatic rings. The molecule has 4 rings (SSSR count). The van der Waals surface area contributed by atoms with Crippen LogP contribution in [0.3, 0.4) is 0 Å². The van der Waals surface area contributed by atoms with Gasteiger partial charge in [-0.05, 0) is 18.6 Å². The van der Waals surface area contributed by atoms with E-state index >= 15 is 0 Å². The summed E-state index contributed by atoms with van der Waals surface area (Å²) in [5.74, 6) is 2.56. The van der Waals surface area contributed by atoms with Gasteiger partial charge >= 0.3 is 0 Å². The molecule has 0 atom stereocenters. The summed E-state index contributed by atoms with van der Waals surface area (Å²) in [4.78, 5) is 4.39. The Hall–Kier alpha value is -2.43. The minimum atomic E-state index is 0.808. The number of hydrogen-bond acceptors (Lipinski definition) is 3. The number of fused-ring (bicyclic) bond motifs is 5. The van der Waals surface area contributed by atoms with E-state index in [-0.39, 0.29) is 0 Å². The number of nitrogens with zero attached hydrogens (tertiary/aromatic N) is 5. The van der Waals surface area contributed by atoms with E-state index in [4.69, 9.17) is 0 Å². The second-order valence-corrected chi connectivity index (χ2v) is 4.41. The van der Waals surface area contributed by atoms with Gasteiger partial charge in [-0.1, -0.05) is 18.2 Å². The van der Waals surface area contributed by atoms with Gasteiger partial charge in [-0.3, -0.25) is 4.57 Å². The summed E-state index contributed by atoms with van der Waals surface area (Å²) in [5, 5.41) is 8.44. The highest BCUT2D eigenvalue weighted by Crippen LogP contribution is 2.28. The Bertz CT molecular complexity index is 737. The summed E-state index contributed by atoms with van der Waals surface area (Å²) in [6.45, 7) is 2.78. The Morgan fingerprint density at radius 2 is 2.00 bits per heavy atom. The van der Waals surface area contributed by atoms with E-state index in [1.54, 1.807) is 6.20 Å². The van der Waals surface area contributed by atoms with Crippen LogP contribution in [0.4, 0.5) is 0 Å². The van der Waals surface area contributed by atoms with Gasteiger partial charge in [0.2, 0.25) is 5.82 Å². The number of hydrogen-bond donors (Lipinski definition) is 0. The first-order chi connectivity index (χ1) is 8.84. The van der Waals surface area contributed by atoms with Crippen LogP contribution in [-0.4, -0.2) is 24.3 Å². The molecule has 3 aromatic rings. The molecule has 5 heteroatoms. The van der Waals surface area contributed by atoms with Gasteiger partial charge in [0.25, 0.3) is 0 Å². The monoisotopic (exact) mass is 237 g/mol. The molecular weight excluding hydrogens is 226 g/mol. The second kappa shape index (κ2) is 3.29. The standard InChI is InChI=1S/C13H11N5/c1-9-15-16-13-12-14-6-7-17(12)8-10-4-2-3-5-11(10)18(9)13/h2-7H,8H2,1H3. The predicted octanol–water partition coefficient (Wildman–Crippen LogP) is 1.80. The summed E-state index contributed by atoms with van der Waals surface area (Å²) >= 11 is 0. The number of benzene rings is 1. The van der Waals surface area contributed by atoms with Crippen LogP contribution in [0.2, 0.25) is 0 Å². The van der Waals surface area contributed by atoms with Crippen molar-refractivity contribution in [3.8, 4) is 17.3 Å². The van der Waals surface area contributed by atoms with Gasteiger partial charge in [0.05, 0.1) is 12.2 Å². The van der Waals surface area contributed by atoms with Crippen LogP contribution >= 0.6 is 0 Å². The number of imidazole rings is 1. The summed E-state index contributed by atoms with van der Waals surface area (Å²) in [6.07, 6.45) is 3.78. The molecule has 0 aliphatic carbocycles. The highest BCUT2D eigenvalue weighted by molar-refractivity contribution is 5.56. The van der Waals surface area contributed by atoms with Crippen molar-refractivity contribution in [3.63, 3.8) is 0 Å². The van der Waals surface area contributed by atoms with Crippen LogP contribution < -0.4 is 0 Å². The number of aromatic nitrogens is 5. The first-order valence-electron chi connectivity index (χ1n) is 5.86. The van der Waals surface area contributed by atoms with Gasteiger partial charge in [-0.2, -0.15) is 0 Å². The molecule has 1 aromatic carbocycles. The fraction of sp³-hybridized carbons (Fsp3) is 0.154. The van der Waals surface area contributed by atoms with E-state index in [1.165, 1.54) is 5.56 Å². The maximum absolute atomic E-state index is 4.39. The number of aryl methyl sites for hydroxylation is 1. The van der Waals surface area contributed by atoms with E-state index in [1.807, 2.05) is 19.2 Å². The van der Waals surface area contributed by atoms with Gasteiger partial charge in [-0.15, -0.1) is 10.2 Å². The fourth-order valence-electron chi connectivity index (χ4n) is 2.48. The normalized spacial score (nSPS) is 12.5. The number of rotatable bonds is 0. The van der Waals surface area contributed by atoms with E-state index in [0.717, 1.165) is 29.7 Å². The predicted molar refractivity (Wildman–Crippen MR) is 66.4 cm³/mol. The lowest BCUT2D eigenvalue weighted by Gasteiger charge is -2.08. The molecule has 88 valence electrons. The molecule has 18 heavy (non-hydrogen) atoms. The molecular formula is C13H11N5. The smallest absolute Gasteiger partial charge is 0.204 e. The van der Waals surface area contributed by atoms with Gasteiger partial charge in [0.1, 0.15) is 5.82 Å². The zero-order chi connectivity index (χ0) is 12.1. The molecule has 0 unspecified atom stereocenters. The molecule has 2 aromatic heterocycles. The lowest BCUT2D eigenvalue weighted by atomic mass is 10.1. The van der Waals surface area contributed by atoms with E-state index in [9.17, 15) is 0 Å². The van der Waals surface area contributed by atoms with E-state index < -0.39 is 0 Å². The highest BCUT2D eigenvalue weighted by Gasteiger charge is 2.22. The first kappa shape index (κ1) is 9.58. The highest BCUT2D eigenvalue weighted by atomic mass is 15.3. The molecule has 5 nitrogen and oxygen atoms in total. The third kappa shape index (κ3) is 1.13. The number of para-hydroxylation sites is 1. The molecule has 0 saturated heterocycles. The van der Waals surface area contributed by atoms with Gasteiger partial charge in [-0.25, -0.2) is 4.98 Å². The lowest BCUT2D eigenvalue weighted by molar-refractivity contribution is 0.808. The molecule has 0 N–H and O–H groups in total. The Kier molecular flexibility index (Phi) is 1.75. The summed E-state index contributed by atoms with van der Waals surface area (Å²) in [6, 6.07) is 8.32. The Morgan fingerprint density at radius 3 is 2.94 bits per heavy atom. The Morgan fingerprint density at radius 1 is 1.11 bits per heavy atom. The van der Waals surface area contributed by atoms with E-state index in [0.29, 0.717) is 0 Å². The molecule has 3 heterocycles. The molecule has 0 radical (unpaired) electrons. The van der Waals surface area contributed by atoms with Crippen LogP contribution in [0.25, 0.3) is 17.3 Å². The van der Waals surface area contributed by atoms with Gasteiger partial charge in [0, 0.05) is 12.4 Å². The zero-order valence-corrected chi connectivity index (χ0v) is 9.91. The maximum Gasteiger partial charge on any atom is 0.204 e. The largest absolute Gasteiger partial charge is 0.324 e. The van der Waals surface area contributed by atoms with Crippen molar-refractivity contribution in [2.75, 3.05) is 0 Å². The van der Waals surface area contributed by atoms with Crippen molar-refractivity contribution in [2.24, 2.45) is 0 Å². The molecule has 1 aliphatic heterocycles. The molecule has 0 saturated carbocycles.